The lowest BCUT2D eigenvalue weighted by molar-refractivity contribution is 0.125. The average Bonchev–Trinajstić information content (AvgIpc) is 2.88. The van der Waals surface area contributed by atoms with E-state index in [1.807, 2.05) is 0 Å². The Morgan fingerprint density at radius 1 is 1.04 bits per heavy atom. The Morgan fingerprint density at radius 3 is 2.26 bits per heavy atom. The summed E-state index contributed by atoms with van der Waals surface area (Å²) < 4.78 is 51.5. The van der Waals surface area contributed by atoms with E-state index in [1.54, 1.807) is 30.3 Å². The van der Waals surface area contributed by atoms with E-state index in [2.05, 4.69) is 0 Å². The molecule has 2 aromatic carbocycles. The highest BCUT2D eigenvalue weighted by Crippen LogP contribution is 2.30. The van der Waals surface area contributed by atoms with Crippen LogP contribution in [0.25, 0.3) is 0 Å². The zero-order valence-corrected chi connectivity index (χ0v) is 17.1. The molecule has 0 radical (unpaired) electrons. The van der Waals surface area contributed by atoms with Gasteiger partial charge in [0.15, 0.2) is 9.84 Å². The highest BCUT2D eigenvalue weighted by atomic mass is 35.5. The van der Waals surface area contributed by atoms with Gasteiger partial charge in [0.2, 0.25) is 10.0 Å². The van der Waals surface area contributed by atoms with Crippen LogP contribution >= 0.6 is 23.2 Å². The maximum absolute atomic E-state index is 13.3. The molecule has 1 fully saturated rings. The summed E-state index contributed by atoms with van der Waals surface area (Å²) in [6.07, 6.45) is -1.31. The molecule has 0 bridgehead atoms. The predicted molar refractivity (Wildman–Crippen MR) is 104 cm³/mol. The van der Waals surface area contributed by atoms with Crippen LogP contribution in [0.3, 0.4) is 0 Å². The number of sulfone groups is 1. The van der Waals surface area contributed by atoms with Gasteiger partial charge in [0, 0.05) is 6.54 Å². The van der Waals surface area contributed by atoms with Crippen LogP contribution in [0.5, 0.6) is 0 Å². The molecule has 1 aliphatic rings. The van der Waals surface area contributed by atoms with Crippen molar-refractivity contribution in [3.05, 3.63) is 64.1 Å². The minimum absolute atomic E-state index is 0.0667. The summed E-state index contributed by atoms with van der Waals surface area (Å²) in [7, 11) is -7.68. The Bertz CT molecular complexity index is 1040. The summed E-state index contributed by atoms with van der Waals surface area (Å²) in [5.41, 5.74) is 0.664. The van der Waals surface area contributed by atoms with Crippen LogP contribution in [0.1, 0.15) is 5.56 Å². The molecule has 0 spiro atoms. The fourth-order valence-electron chi connectivity index (χ4n) is 3.00. The van der Waals surface area contributed by atoms with Crippen LogP contribution in [0.2, 0.25) is 10.0 Å². The number of halogens is 2. The van der Waals surface area contributed by atoms with Gasteiger partial charge in [-0.1, -0.05) is 53.5 Å². The maximum atomic E-state index is 13.3. The summed E-state index contributed by atoms with van der Waals surface area (Å²) in [5.74, 6) is -0.915. The Morgan fingerprint density at radius 2 is 1.70 bits per heavy atom. The van der Waals surface area contributed by atoms with E-state index in [0.717, 1.165) is 4.31 Å². The fraction of sp³-hybridized carbons (Fsp3) is 0.294. The molecule has 0 aromatic heterocycles. The first kappa shape index (κ1) is 20.6. The van der Waals surface area contributed by atoms with Gasteiger partial charge in [-0.05, 0) is 23.8 Å². The molecule has 2 aromatic rings. The van der Waals surface area contributed by atoms with Gasteiger partial charge in [0.05, 0.1) is 38.6 Å². The fourth-order valence-corrected chi connectivity index (χ4v) is 6.93. The number of sulfonamides is 1. The van der Waals surface area contributed by atoms with Gasteiger partial charge in [-0.3, -0.25) is 0 Å². The maximum Gasteiger partial charge on any atom is 0.243 e. The van der Waals surface area contributed by atoms with Crippen molar-refractivity contribution in [2.75, 3.05) is 11.5 Å². The molecule has 27 heavy (non-hydrogen) atoms. The predicted octanol–water partition coefficient (Wildman–Crippen LogP) is 2.34. The number of aliphatic hydroxyl groups excluding tert-OH is 1. The molecule has 0 amide bonds. The highest BCUT2D eigenvalue weighted by molar-refractivity contribution is 7.92. The van der Waals surface area contributed by atoms with E-state index in [0.29, 0.717) is 5.56 Å². The van der Waals surface area contributed by atoms with Crippen molar-refractivity contribution in [3.8, 4) is 0 Å². The largest absolute Gasteiger partial charge is 0.390 e. The number of benzene rings is 2. The van der Waals surface area contributed by atoms with Crippen LogP contribution < -0.4 is 0 Å². The highest BCUT2D eigenvalue weighted by Gasteiger charge is 2.44. The molecule has 0 unspecified atom stereocenters. The lowest BCUT2D eigenvalue weighted by atomic mass is 10.2. The minimum Gasteiger partial charge on any atom is -0.390 e. The number of hydrogen-bond acceptors (Lipinski definition) is 5. The number of nitrogens with zero attached hydrogens (tertiary/aromatic N) is 1. The average molecular weight is 450 g/mol. The lowest BCUT2D eigenvalue weighted by Gasteiger charge is -2.29. The van der Waals surface area contributed by atoms with Crippen LogP contribution in [0.4, 0.5) is 0 Å². The van der Waals surface area contributed by atoms with Crippen molar-refractivity contribution in [1.29, 1.82) is 0 Å². The first-order chi connectivity index (χ1) is 12.6. The molecule has 1 heterocycles. The normalized spacial score (nSPS) is 22.2. The molecule has 1 saturated heterocycles. The molecule has 6 nitrogen and oxygen atoms in total. The standard InChI is InChI=1S/C17H17Cl2NO5S2/c18-14-7-6-13(8-15(14)19)27(24,25)20(9-12-4-2-1-3-5-12)16-10-26(22,23)11-17(16)21/h1-8,16-17,21H,9-11H2/t16-,17+/m1/s1. The molecule has 2 atom stereocenters. The van der Waals surface area contributed by atoms with Crippen molar-refractivity contribution in [3.63, 3.8) is 0 Å². The van der Waals surface area contributed by atoms with E-state index in [-0.39, 0.29) is 21.5 Å². The second-order valence-electron chi connectivity index (χ2n) is 6.32. The summed E-state index contributed by atoms with van der Waals surface area (Å²) in [6, 6.07) is 11.5. The quantitative estimate of drug-likeness (QED) is 0.755. The molecule has 1 N–H and O–H groups in total. The van der Waals surface area contributed by atoms with Gasteiger partial charge in [-0.25, -0.2) is 16.8 Å². The number of hydrogen-bond donors (Lipinski definition) is 1. The van der Waals surface area contributed by atoms with E-state index in [4.69, 9.17) is 23.2 Å². The Kier molecular flexibility index (Phi) is 5.86. The third-order valence-electron chi connectivity index (χ3n) is 4.34. The summed E-state index contributed by atoms with van der Waals surface area (Å²) in [6.45, 7) is -0.0827. The SMILES string of the molecule is O=S1(=O)C[C@@H](N(Cc2ccccc2)S(=O)(=O)c2ccc(Cl)c(Cl)c2)[C@@H](O)C1. The molecule has 146 valence electrons. The van der Waals surface area contributed by atoms with Crippen molar-refractivity contribution in [2.45, 2.75) is 23.6 Å². The van der Waals surface area contributed by atoms with Gasteiger partial charge >= 0.3 is 0 Å². The third kappa shape index (κ3) is 4.47. The van der Waals surface area contributed by atoms with Crippen molar-refractivity contribution >= 4 is 43.1 Å². The van der Waals surface area contributed by atoms with Gasteiger partial charge in [0.1, 0.15) is 0 Å². The summed E-state index contributed by atoms with van der Waals surface area (Å²) in [5, 5.41) is 10.5. The van der Waals surface area contributed by atoms with Crippen LogP contribution in [-0.4, -0.2) is 49.9 Å². The van der Waals surface area contributed by atoms with E-state index in [1.165, 1.54) is 18.2 Å². The Balaban J connectivity index is 2.06. The van der Waals surface area contributed by atoms with E-state index < -0.39 is 43.5 Å². The van der Waals surface area contributed by atoms with E-state index >= 15 is 0 Å². The molecule has 0 saturated carbocycles. The van der Waals surface area contributed by atoms with Gasteiger partial charge < -0.3 is 5.11 Å². The van der Waals surface area contributed by atoms with Crippen LogP contribution in [0.15, 0.2) is 53.4 Å². The first-order valence-corrected chi connectivity index (χ1v) is 12.0. The van der Waals surface area contributed by atoms with Gasteiger partial charge in [-0.2, -0.15) is 4.31 Å². The summed E-state index contributed by atoms with van der Waals surface area (Å²) in [4.78, 5) is -0.121. The molecule has 1 aliphatic heterocycles. The van der Waals surface area contributed by atoms with Crippen LogP contribution in [0, 0.1) is 0 Å². The van der Waals surface area contributed by atoms with Crippen molar-refractivity contribution in [1.82, 2.24) is 4.31 Å². The molecule has 3 rings (SSSR count). The van der Waals surface area contributed by atoms with Gasteiger partial charge in [0.25, 0.3) is 0 Å². The van der Waals surface area contributed by atoms with Crippen molar-refractivity contribution in [2.24, 2.45) is 0 Å². The number of aliphatic hydroxyl groups is 1. The lowest BCUT2D eigenvalue weighted by Crippen LogP contribution is -2.46. The van der Waals surface area contributed by atoms with E-state index in [9.17, 15) is 21.9 Å². The molecular formula is C17H17Cl2NO5S2. The van der Waals surface area contributed by atoms with Gasteiger partial charge in [-0.15, -0.1) is 0 Å². The summed E-state index contributed by atoms with van der Waals surface area (Å²) >= 11 is 11.8. The van der Waals surface area contributed by atoms with Crippen molar-refractivity contribution < 1.29 is 21.9 Å². The molecule has 10 heteroatoms. The first-order valence-electron chi connectivity index (χ1n) is 7.99. The third-order valence-corrected chi connectivity index (χ3v) is 8.65. The smallest absolute Gasteiger partial charge is 0.243 e. The molecule has 0 aliphatic carbocycles. The minimum atomic E-state index is -4.14. The monoisotopic (exact) mass is 449 g/mol. The second-order valence-corrected chi connectivity index (χ2v) is 11.2. The van der Waals surface area contributed by atoms with Crippen LogP contribution in [-0.2, 0) is 26.4 Å². The Labute approximate surface area is 168 Å². The zero-order valence-electron chi connectivity index (χ0n) is 14.0. The zero-order chi connectivity index (χ0) is 19.8. The topological polar surface area (TPSA) is 91.8 Å². The number of rotatable bonds is 5. The second kappa shape index (κ2) is 7.69. The Hall–Kier alpha value is -1.16. The molecular weight excluding hydrogens is 433 g/mol.